The third-order valence-electron chi connectivity index (χ3n) is 2.10. The van der Waals surface area contributed by atoms with Crippen LogP contribution in [0.3, 0.4) is 0 Å². The molecule has 0 saturated heterocycles. The first-order valence-corrected chi connectivity index (χ1v) is 5.60. The van der Waals surface area contributed by atoms with Crippen LogP contribution in [0.5, 0.6) is 0 Å². The van der Waals surface area contributed by atoms with E-state index in [9.17, 15) is 0 Å². The van der Waals surface area contributed by atoms with Gasteiger partial charge in [-0.25, -0.2) is 9.97 Å². The molecule has 0 unspecified atom stereocenters. The van der Waals surface area contributed by atoms with Crippen molar-refractivity contribution < 1.29 is 0 Å². The van der Waals surface area contributed by atoms with Crippen molar-refractivity contribution >= 4 is 11.6 Å². The van der Waals surface area contributed by atoms with E-state index in [1.54, 1.807) is 6.33 Å². The maximum absolute atomic E-state index is 5.89. The van der Waals surface area contributed by atoms with Gasteiger partial charge >= 0.3 is 0 Å². The smallest absolute Gasteiger partial charge is 0.131 e. The van der Waals surface area contributed by atoms with Crippen molar-refractivity contribution in [1.82, 2.24) is 9.97 Å². The number of hydrogen-bond donors (Lipinski definition) is 3. The summed E-state index contributed by atoms with van der Waals surface area (Å²) in [5.74, 6) is 1.67. The second-order valence-electron chi connectivity index (χ2n) is 4.48. The van der Waals surface area contributed by atoms with Gasteiger partial charge < -0.3 is 16.4 Å². The van der Waals surface area contributed by atoms with Gasteiger partial charge in [0.25, 0.3) is 0 Å². The van der Waals surface area contributed by atoms with E-state index in [0.29, 0.717) is 0 Å². The molecule has 0 atom stereocenters. The van der Waals surface area contributed by atoms with E-state index in [2.05, 4.69) is 20.6 Å². The summed E-state index contributed by atoms with van der Waals surface area (Å²) in [6, 6.07) is 1.90. The van der Waals surface area contributed by atoms with Crippen LogP contribution in [0.4, 0.5) is 11.6 Å². The fourth-order valence-electron chi connectivity index (χ4n) is 1.24. The van der Waals surface area contributed by atoms with Gasteiger partial charge in [-0.05, 0) is 27.2 Å². The molecule has 1 aromatic rings. The molecule has 4 N–H and O–H groups in total. The minimum absolute atomic E-state index is 0.148. The SMILES string of the molecule is CCNc1cc(NCCC(C)(C)N)ncn1. The molecule has 1 rings (SSSR count). The topological polar surface area (TPSA) is 75.9 Å². The predicted octanol–water partition coefficient (Wildman–Crippen LogP) is 1.45. The Hall–Kier alpha value is -1.36. The number of nitrogens with one attached hydrogen (secondary N) is 2. The van der Waals surface area contributed by atoms with Gasteiger partial charge in [-0.15, -0.1) is 0 Å². The maximum atomic E-state index is 5.89. The molecule has 5 nitrogen and oxygen atoms in total. The second-order valence-corrected chi connectivity index (χ2v) is 4.48. The van der Waals surface area contributed by atoms with Crippen LogP contribution in [0.2, 0.25) is 0 Å². The lowest BCUT2D eigenvalue weighted by atomic mass is 10.0. The molecule has 0 aliphatic rings. The zero-order valence-electron chi connectivity index (χ0n) is 10.2. The molecule has 1 aromatic heterocycles. The normalized spacial score (nSPS) is 11.2. The molecule has 0 saturated carbocycles. The largest absolute Gasteiger partial charge is 0.370 e. The Morgan fingerprint density at radius 1 is 1.25 bits per heavy atom. The van der Waals surface area contributed by atoms with E-state index in [0.717, 1.165) is 31.1 Å². The van der Waals surface area contributed by atoms with Crippen LogP contribution in [0.15, 0.2) is 12.4 Å². The molecule has 0 aliphatic heterocycles. The first kappa shape index (κ1) is 12.7. The van der Waals surface area contributed by atoms with E-state index >= 15 is 0 Å². The molecule has 0 spiro atoms. The molecule has 1 heterocycles. The summed E-state index contributed by atoms with van der Waals surface area (Å²) in [7, 11) is 0. The maximum Gasteiger partial charge on any atom is 0.131 e. The van der Waals surface area contributed by atoms with Crippen molar-refractivity contribution in [3.63, 3.8) is 0 Å². The Balaban J connectivity index is 2.44. The summed E-state index contributed by atoms with van der Waals surface area (Å²) in [4.78, 5) is 8.24. The minimum Gasteiger partial charge on any atom is -0.370 e. The van der Waals surface area contributed by atoms with E-state index in [1.165, 1.54) is 0 Å². The number of aromatic nitrogens is 2. The molecule has 5 heteroatoms. The Morgan fingerprint density at radius 2 is 1.88 bits per heavy atom. The van der Waals surface area contributed by atoms with Crippen LogP contribution >= 0.6 is 0 Å². The standard InChI is InChI=1S/C11H21N5/c1-4-13-9-7-10(16-8-15-9)14-6-5-11(2,3)12/h7-8H,4-6,12H2,1-3H3,(H2,13,14,15,16). The summed E-state index contributed by atoms with van der Waals surface area (Å²) >= 11 is 0. The number of hydrogen-bond acceptors (Lipinski definition) is 5. The van der Waals surface area contributed by atoms with Gasteiger partial charge in [0.15, 0.2) is 0 Å². The highest BCUT2D eigenvalue weighted by molar-refractivity contribution is 5.46. The van der Waals surface area contributed by atoms with Crippen molar-refractivity contribution in [3.8, 4) is 0 Å². The van der Waals surface area contributed by atoms with Crippen LogP contribution in [-0.4, -0.2) is 28.6 Å². The van der Waals surface area contributed by atoms with Crippen LogP contribution in [0, 0.1) is 0 Å². The van der Waals surface area contributed by atoms with E-state index in [4.69, 9.17) is 5.73 Å². The predicted molar refractivity (Wildman–Crippen MR) is 67.6 cm³/mol. The number of anilines is 2. The average Bonchev–Trinajstić information content (AvgIpc) is 2.17. The molecular weight excluding hydrogens is 202 g/mol. The fraction of sp³-hybridized carbons (Fsp3) is 0.636. The zero-order valence-corrected chi connectivity index (χ0v) is 10.2. The summed E-state index contributed by atoms with van der Waals surface area (Å²) < 4.78 is 0. The van der Waals surface area contributed by atoms with Crippen LogP contribution in [0.25, 0.3) is 0 Å². The molecule has 90 valence electrons. The number of rotatable bonds is 6. The van der Waals surface area contributed by atoms with Crippen LogP contribution < -0.4 is 16.4 Å². The molecule has 0 fully saturated rings. The fourth-order valence-corrected chi connectivity index (χ4v) is 1.24. The van der Waals surface area contributed by atoms with E-state index in [1.807, 2.05) is 26.8 Å². The van der Waals surface area contributed by atoms with Crippen molar-refractivity contribution in [2.45, 2.75) is 32.7 Å². The van der Waals surface area contributed by atoms with Crippen molar-refractivity contribution in [3.05, 3.63) is 12.4 Å². The van der Waals surface area contributed by atoms with Gasteiger partial charge in [0, 0.05) is 24.7 Å². The highest BCUT2D eigenvalue weighted by atomic mass is 15.1. The van der Waals surface area contributed by atoms with Crippen molar-refractivity contribution in [2.24, 2.45) is 5.73 Å². The number of nitrogens with zero attached hydrogens (tertiary/aromatic N) is 2. The van der Waals surface area contributed by atoms with Crippen LogP contribution in [-0.2, 0) is 0 Å². The lowest BCUT2D eigenvalue weighted by Crippen LogP contribution is -2.34. The highest BCUT2D eigenvalue weighted by Crippen LogP contribution is 2.09. The molecule has 0 aromatic carbocycles. The van der Waals surface area contributed by atoms with Gasteiger partial charge in [-0.1, -0.05) is 0 Å². The van der Waals surface area contributed by atoms with Gasteiger partial charge in [0.05, 0.1) is 0 Å². The van der Waals surface area contributed by atoms with Gasteiger partial charge in [0.2, 0.25) is 0 Å². The minimum atomic E-state index is -0.148. The molecular formula is C11H21N5. The lowest BCUT2D eigenvalue weighted by Gasteiger charge is -2.18. The van der Waals surface area contributed by atoms with Gasteiger partial charge in [0.1, 0.15) is 18.0 Å². The molecule has 0 radical (unpaired) electrons. The summed E-state index contributed by atoms with van der Waals surface area (Å²) in [5.41, 5.74) is 5.74. The third kappa shape index (κ3) is 4.93. The summed E-state index contributed by atoms with van der Waals surface area (Å²) in [6.45, 7) is 7.72. The Bertz CT molecular complexity index is 318. The number of nitrogens with two attached hydrogens (primary N) is 1. The summed E-state index contributed by atoms with van der Waals surface area (Å²) in [5, 5.41) is 6.37. The Labute approximate surface area is 96.9 Å². The van der Waals surface area contributed by atoms with Crippen molar-refractivity contribution in [1.29, 1.82) is 0 Å². The van der Waals surface area contributed by atoms with Gasteiger partial charge in [-0.2, -0.15) is 0 Å². The summed E-state index contributed by atoms with van der Waals surface area (Å²) in [6.07, 6.45) is 2.45. The average molecular weight is 223 g/mol. The molecule has 0 bridgehead atoms. The third-order valence-corrected chi connectivity index (χ3v) is 2.10. The monoisotopic (exact) mass is 223 g/mol. The van der Waals surface area contributed by atoms with Gasteiger partial charge in [-0.3, -0.25) is 0 Å². The Kier molecular flexibility index (Phi) is 4.49. The van der Waals surface area contributed by atoms with E-state index < -0.39 is 0 Å². The van der Waals surface area contributed by atoms with Crippen molar-refractivity contribution in [2.75, 3.05) is 23.7 Å². The lowest BCUT2D eigenvalue weighted by molar-refractivity contribution is 0.490. The first-order chi connectivity index (χ1) is 7.51. The highest BCUT2D eigenvalue weighted by Gasteiger charge is 2.09. The molecule has 0 aliphatic carbocycles. The quantitative estimate of drug-likeness (QED) is 0.680. The Morgan fingerprint density at radius 3 is 2.44 bits per heavy atom. The first-order valence-electron chi connectivity index (χ1n) is 5.60. The van der Waals surface area contributed by atoms with Crippen LogP contribution in [0.1, 0.15) is 27.2 Å². The molecule has 0 amide bonds. The second kappa shape index (κ2) is 5.65. The molecule has 16 heavy (non-hydrogen) atoms. The zero-order chi connectivity index (χ0) is 12.0. The van der Waals surface area contributed by atoms with E-state index in [-0.39, 0.29) is 5.54 Å².